The Kier molecular flexibility index (Phi) is 4.74. The van der Waals surface area contributed by atoms with Gasteiger partial charge in [-0.3, -0.25) is 0 Å². The SMILES string of the molecule is CNc1nc(NCc2ccc(Cl)cc2)cc(-c2ccccc2)n1. The molecule has 2 N–H and O–H groups in total. The van der Waals surface area contributed by atoms with Gasteiger partial charge in [-0.15, -0.1) is 0 Å². The summed E-state index contributed by atoms with van der Waals surface area (Å²) in [5, 5.41) is 7.07. The molecule has 23 heavy (non-hydrogen) atoms. The quantitative estimate of drug-likeness (QED) is 0.728. The average Bonchev–Trinajstić information content (AvgIpc) is 2.61. The summed E-state index contributed by atoms with van der Waals surface area (Å²) in [6.45, 7) is 0.672. The molecule has 2 aromatic carbocycles. The Morgan fingerprint density at radius 2 is 1.70 bits per heavy atom. The number of aromatic nitrogens is 2. The maximum absolute atomic E-state index is 5.91. The van der Waals surface area contributed by atoms with E-state index in [2.05, 4.69) is 20.6 Å². The van der Waals surface area contributed by atoms with E-state index in [9.17, 15) is 0 Å². The first-order valence-electron chi connectivity index (χ1n) is 7.35. The molecule has 4 nitrogen and oxygen atoms in total. The number of anilines is 2. The zero-order valence-corrected chi connectivity index (χ0v) is 13.5. The number of nitrogens with zero attached hydrogens (tertiary/aromatic N) is 2. The summed E-state index contributed by atoms with van der Waals surface area (Å²) in [5.41, 5.74) is 3.07. The molecule has 5 heteroatoms. The van der Waals surface area contributed by atoms with Crippen molar-refractivity contribution >= 4 is 23.4 Å². The highest BCUT2D eigenvalue weighted by atomic mass is 35.5. The van der Waals surface area contributed by atoms with Crippen LogP contribution < -0.4 is 10.6 Å². The second-order valence-corrected chi connectivity index (χ2v) is 5.49. The highest BCUT2D eigenvalue weighted by Gasteiger charge is 2.05. The molecule has 116 valence electrons. The largest absolute Gasteiger partial charge is 0.366 e. The third kappa shape index (κ3) is 3.99. The molecule has 0 unspecified atom stereocenters. The standard InChI is InChI=1S/C18H17ClN4/c1-20-18-22-16(14-5-3-2-4-6-14)11-17(23-18)21-12-13-7-9-15(19)10-8-13/h2-11H,12H2,1H3,(H2,20,21,22,23). The highest BCUT2D eigenvalue weighted by molar-refractivity contribution is 6.30. The zero-order chi connectivity index (χ0) is 16.1. The van der Waals surface area contributed by atoms with E-state index in [-0.39, 0.29) is 0 Å². The van der Waals surface area contributed by atoms with Crippen molar-refractivity contribution < 1.29 is 0 Å². The minimum Gasteiger partial charge on any atom is -0.366 e. The predicted molar refractivity (Wildman–Crippen MR) is 95.8 cm³/mol. The van der Waals surface area contributed by atoms with Gasteiger partial charge in [0.2, 0.25) is 5.95 Å². The summed E-state index contributed by atoms with van der Waals surface area (Å²) in [6, 6.07) is 19.8. The van der Waals surface area contributed by atoms with Crippen LogP contribution >= 0.6 is 11.6 Å². The molecule has 0 aliphatic carbocycles. The van der Waals surface area contributed by atoms with Crippen LogP contribution in [0.1, 0.15) is 5.56 Å². The molecule has 0 aliphatic rings. The Labute approximate surface area is 140 Å². The van der Waals surface area contributed by atoms with E-state index in [1.54, 1.807) is 0 Å². The molecule has 0 amide bonds. The van der Waals surface area contributed by atoms with Gasteiger partial charge in [0.1, 0.15) is 5.82 Å². The van der Waals surface area contributed by atoms with Crippen LogP contribution in [0.4, 0.5) is 11.8 Å². The van der Waals surface area contributed by atoms with Gasteiger partial charge >= 0.3 is 0 Å². The second kappa shape index (κ2) is 7.11. The maximum atomic E-state index is 5.91. The van der Waals surface area contributed by atoms with Crippen LogP contribution in [0.2, 0.25) is 5.02 Å². The topological polar surface area (TPSA) is 49.8 Å². The smallest absolute Gasteiger partial charge is 0.224 e. The number of nitrogens with one attached hydrogen (secondary N) is 2. The monoisotopic (exact) mass is 324 g/mol. The van der Waals surface area contributed by atoms with E-state index in [1.807, 2.05) is 67.7 Å². The van der Waals surface area contributed by atoms with E-state index in [0.29, 0.717) is 12.5 Å². The second-order valence-electron chi connectivity index (χ2n) is 5.06. The van der Waals surface area contributed by atoms with Crippen LogP contribution in [0.25, 0.3) is 11.3 Å². The molecule has 0 saturated carbocycles. The van der Waals surface area contributed by atoms with E-state index in [0.717, 1.165) is 27.7 Å². The van der Waals surface area contributed by atoms with E-state index in [4.69, 9.17) is 11.6 Å². The minimum atomic E-state index is 0.588. The minimum absolute atomic E-state index is 0.588. The van der Waals surface area contributed by atoms with E-state index in [1.165, 1.54) is 0 Å². The van der Waals surface area contributed by atoms with Gasteiger partial charge in [-0.25, -0.2) is 4.98 Å². The van der Waals surface area contributed by atoms with Crippen molar-refractivity contribution in [2.75, 3.05) is 17.7 Å². The number of hydrogen-bond acceptors (Lipinski definition) is 4. The lowest BCUT2D eigenvalue weighted by Gasteiger charge is -2.10. The molecule has 3 aromatic rings. The van der Waals surface area contributed by atoms with Crippen molar-refractivity contribution in [3.8, 4) is 11.3 Å². The lowest BCUT2D eigenvalue weighted by atomic mass is 10.1. The van der Waals surface area contributed by atoms with Gasteiger partial charge in [0.15, 0.2) is 0 Å². The first-order valence-corrected chi connectivity index (χ1v) is 7.73. The molecule has 0 aliphatic heterocycles. The first kappa shape index (κ1) is 15.3. The fourth-order valence-corrected chi connectivity index (χ4v) is 2.33. The molecule has 1 heterocycles. The number of halogens is 1. The van der Waals surface area contributed by atoms with Gasteiger partial charge < -0.3 is 10.6 Å². The molecule has 3 rings (SSSR count). The summed E-state index contributed by atoms with van der Waals surface area (Å²) in [5.74, 6) is 1.36. The first-order chi connectivity index (χ1) is 11.2. The van der Waals surface area contributed by atoms with Gasteiger partial charge in [-0.05, 0) is 17.7 Å². The third-order valence-electron chi connectivity index (χ3n) is 3.41. The summed E-state index contributed by atoms with van der Waals surface area (Å²) < 4.78 is 0. The average molecular weight is 325 g/mol. The van der Waals surface area contributed by atoms with Crippen molar-refractivity contribution in [2.45, 2.75) is 6.54 Å². The molecule has 0 spiro atoms. The molecular formula is C18H17ClN4. The lowest BCUT2D eigenvalue weighted by molar-refractivity contribution is 1.08. The number of hydrogen-bond donors (Lipinski definition) is 2. The van der Waals surface area contributed by atoms with Gasteiger partial charge in [-0.1, -0.05) is 54.1 Å². The van der Waals surface area contributed by atoms with Gasteiger partial charge in [0.05, 0.1) is 5.69 Å². The Morgan fingerprint density at radius 1 is 0.957 bits per heavy atom. The molecular weight excluding hydrogens is 308 g/mol. The Balaban J connectivity index is 1.82. The molecule has 0 fully saturated rings. The molecule has 0 atom stereocenters. The van der Waals surface area contributed by atoms with Crippen LogP contribution in [0, 0.1) is 0 Å². The normalized spacial score (nSPS) is 10.3. The van der Waals surface area contributed by atoms with Crippen molar-refractivity contribution in [1.82, 2.24) is 9.97 Å². The number of rotatable bonds is 5. The van der Waals surface area contributed by atoms with Crippen molar-refractivity contribution in [2.24, 2.45) is 0 Å². The van der Waals surface area contributed by atoms with Crippen LogP contribution in [-0.2, 0) is 6.54 Å². The summed E-state index contributed by atoms with van der Waals surface area (Å²) in [4.78, 5) is 8.96. The van der Waals surface area contributed by atoms with Gasteiger partial charge in [0.25, 0.3) is 0 Å². The van der Waals surface area contributed by atoms with Crippen LogP contribution in [0.3, 0.4) is 0 Å². The van der Waals surface area contributed by atoms with Crippen LogP contribution in [-0.4, -0.2) is 17.0 Å². The van der Waals surface area contributed by atoms with E-state index < -0.39 is 0 Å². The molecule has 0 saturated heterocycles. The third-order valence-corrected chi connectivity index (χ3v) is 3.66. The van der Waals surface area contributed by atoms with Gasteiger partial charge in [-0.2, -0.15) is 4.98 Å². The highest BCUT2D eigenvalue weighted by Crippen LogP contribution is 2.21. The van der Waals surface area contributed by atoms with Crippen molar-refractivity contribution in [1.29, 1.82) is 0 Å². The molecule has 0 radical (unpaired) electrons. The number of benzene rings is 2. The summed E-state index contributed by atoms with van der Waals surface area (Å²) in [6.07, 6.45) is 0. The maximum Gasteiger partial charge on any atom is 0.224 e. The Hall–Kier alpha value is -2.59. The molecule has 1 aromatic heterocycles. The predicted octanol–water partition coefficient (Wildman–Crippen LogP) is 4.45. The summed E-state index contributed by atoms with van der Waals surface area (Å²) in [7, 11) is 1.81. The van der Waals surface area contributed by atoms with Crippen molar-refractivity contribution in [3.05, 3.63) is 71.2 Å². The summed E-state index contributed by atoms with van der Waals surface area (Å²) >= 11 is 5.91. The fraction of sp³-hybridized carbons (Fsp3) is 0.111. The lowest BCUT2D eigenvalue weighted by Crippen LogP contribution is -2.05. The zero-order valence-electron chi connectivity index (χ0n) is 12.8. The fourth-order valence-electron chi connectivity index (χ4n) is 2.20. The van der Waals surface area contributed by atoms with Crippen molar-refractivity contribution in [3.63, 3.8) is 0 Å². The van der Waals surface area contributed by atoms with Crippen LogP contribution in [0.5, 0.6) is 0 Å². The van der Waals surface area contributed by atoms with E-state index >= 15 is 0 Å². The molecule has 0 bridgehead atoms. The Bertz CT molecular complexity index is 773. The van der Waals surface area contributed by atoms with Gasteiger partial charge in [0, 0.05) is 30.2 Å². The van der Waals surface area contributed by atoms with Crippen LogP contribution in [0.15, 0.2) is 60.7 Å². The Morgan fingerprint density at radius 3 is 2.39 bits per heavy atom.